The predicted molar refractivity (Wildman–Crippen MR) is 118 cm³/mol. The van der Waals surface area contributed by atoms with Crippen molar-refractivity contribution in [2.75, 3.05) is 28.6 Å². The molecule has 0 aliphatic rings. The zero-order chi connectivity index (χ0) is 21.3. The van der Waals surface area contributed by atoms with E-state index in [0.717, 1.165) is 11.3 Å². The van der Waals surface area contributed by atoms with E-state index in [2.05, 4.69) is 10.6 Å². The molecule has 2 N–H and O–H groups in total. The molecule has 0 atom stereocenters. The van der Waals surface area contributed by atoms with Gasteiger partial charge in [-0.25, -0.2) is 4.39 Å². The molecule has 0 spiro atoms. The molecule has 30 heavy (non-hydrogen) atoms. The van der Waals surface area contributed by atoms with Crippen LogP contribution in [0.15, 0.2) is 78.9 Å². The fraction of sp³-hybridized carbons (Fsp3) is 0.167. The van der Waals surface area contributed by atoms with Crippen molar-refractivity contribution < 1.29 is 14.0 Å². The topological polar surface area (TPSA) is 61.4 Å². The van der Waals surface area contributed by atoms with Gasteiger partial charge in [0.25, 0.3) is 0 Å². The van der Waals surface area contributed by atoms with Gasteiger partial charge in [0.15, 0.2) is 0 Å². The van der Waals surface area contributed by atoms with Gasteiger partial charge >= 0.3 is 0 Å². The lowest BCUT2D eigenvalue weighted by atomic mass is 10.1. The molecule has 3 aromatic rings. The number of likely N-dealkylation sites (N-methyl/N-ethyl adjacent to an activating group) is 1. The fourth-order valence-corrected chi connectivity index (χ4v) is 3.09. The standard InChI is InChI=1S/C24H24FN3O2/c1-2-28(20-11-7-4-8-12-20)24(30)17-26-19-13-14-21(25)22(16-19)27-23(29)15-18-9-5-3-6-10-18/h3-14,16,26H,2,15,17H2,1H3,(H,27,29). The van der Waals surface area contributed by atoms with Gasteiger partial charge in [0.1, 0.15) is 5.82 Å². The molecule has 0 aliphatic carbocycles. The van der Waals surface area contributed by atoms with Gasteiger partial charge in [-0.05, 0) is 42.8 Å². The molecular formula is C24H24FN3O2. The van der Waals surface area contributed by atoms with E-state index < -0.39 is 5.82 Å². The van der Waals surface area contributed by atoms with Crippen molar-refractivity contribution in [3.8, 4) is 0 Å². The van der Waals surface area contributed by atoms with Crippen LogP contribution < -0.4 is 15.5 Å². The van der Waals surface area contributed by atoms with E-state index in [0.29, 0.717) is 12.2 Å². The number of hydrogen-bond acceptors (Lipinski definition) is 3. The van der Waals surface area contributed by atoms with E-state index in [9.17, 15) is 14.0 Å². The van der Waals surface area contributed by atoms with Gasteiger partial charge < -0.3 is 15.5 Å². The second kappa shape index (κ2) is 10.2. The summed E-state index contributed by atoms with van der Waals surface area (Å²) < 4.78 is 14.2. The number of rotatable bonds is 8. The second-order valence-electron chi connectivity index (χ2n) is 6.73. The summed E-state index contributed by atoms with van der Waals surface area (Å²) in [6.07, 6.45) is 0.152. The summed E-state index contributed by atoms with van der Waals surface area (Å²) in [5.74, 6) is -0.954. The average molecular weight is 405 g/mol. The molecular weight excluding hydrogens is 381 g/mol. The van der Waals surface area contributed by atoms with E-state index in [4.69, 9.17) is 0 Å². The number of carbonyl (C=O) groups excluding carboxylic acids is 2. The zero-order valence-corrected chi connectivity index (χ0v) is 16.8. The first-order valence-electron chi connectivity index (χ1n) is 9.79. The Morgan fingerprint density at radius 2 is 1.60 bits per heavy atom. The molecule has 0 heterocycles. The van der Waals surface area contributed by atoms with Crippen molar-refractivity contribution in [1.29, 1.82) is 0 Å². The van der Waals surface area contributed by atoms with Crippen molar-refractivity contribution in [3.05, 3.63) is 90.2 Å². The highest BCUT2D eigenvalue weighted by molar-refractivity contribution is 5.96. The summed E-state index contributed by atoms with van der Waals surface area (Å²) >= 11 is 0. The molecule has 6 heteroatoms. The molecule has 3 aromatic carbocycles. The molecule has 0 unspecified atom stereocenters. The van der Waals surface area contributed by atoms with Crippen molar-refractivity contribution in [2.45, 2.75) is 13.3 Å². The monoisotopic (exact) mass is 405 g/mol. The van der Waals surface area contributed by atoms with Crippen molar-refractivity contribution in [3.63, 3.8) is 0 Å². The summed E-state index contributed by atoms with van der Waals surface area (Å²) in [7, 11) is 0. The molecule has 154 valence electrons. The van der Waals surface area contributed by atoms with Gasteiger partial charge in [0, 0.05) is 17.9 Å². The largest absolute Gasteiger partial charge is 0.376 e. The van der Waals surface area contributed by atoms with Crippen LogP contribution in [0.1, 0.15) is 12.5 Å². The summed E-state index contributed by atoms with van der Waals surface area (Å²) in [6, 6.07) is 22.9. The number of carbonyl (C=O) groups is 2. The third kappa shape index (κ3) is 5.67. The lowest BCUT2D eigenvalue weighted by Crippen LogP contribution is -2.35. The van der Waals surface area contributed by atoms with Crippen LogP contribution in [-0.4, -0.2) is 24.9 Å². The highest BCUT2D eigenvalue weighted by Gasteiger charge is 2.14. The SMILES string of the molecule is CCN(C(=O)CNc1ccc(F)c(NC(=O)Cc2ccccc2)c1)c1ccccc1. The van der Waals surface area contributed by atoms with Gasteiger partial charge in [0.2, 0.25) is 11.8 Å². The molecule has 2 amide bonds. The Balaban J connectivity index is 1.62. The number of nitrogens with one attached hydrogen (secondary N) is 2. The van der Waals surface area contributed by atoms with E-state index in [1.807, 2.05) is 67.6 Å². The molecule has 0 saturated heterocycles. The zero-order valence-electron chi connectivity index (χ0n) is 16.8. The third-order valence-corrected chi connectivity index (χ3v) is 4.58. The number of para-hydroxylation sites is 1. The first-order valence-corrected chi connectivity index (χ1v) is 9.79. The molecule has 5 nitrogen and oxygen atoms in total. The summed E-state index contributed by atoms with van der Waals surface area (Å²) in [4.78, 5) is 26.5. The fourth-order valence-electron chi connectivity index (χ4n) is 3.09. The normalized spacial score (nSPS) is 10.3. The highest BCUT2D eigenvalue weighted by Crippen LogP contribution is 2.20. The molecule has 0 radical (unpaired) electrons. The Morgan fingerprint density at radius 1 is 0.933 bits per heavy atom. The van der Waals surface area contributed by atoms with Crippen LogP contribution in [0.25, 0.3) is 0 Å². The Morgan fingerprint density at radius 3 is 2.27 bits per heavy atom. The smallest absolute Gasteiger partial charge is 0.246 e. The summed E-state index contributed by atoms with van der Waals surface area (Å²) in [5.41, 5.74) is 2.28. The van der Waals surface area contributed by atoms with Crippen LogP contribution in [0, 0.1) is 5.82 Å². The van der Waals surface area contributed by atoms with E-state index >= 15 is 0 Å². The minimum atomic E-state index is -0.534. The number of amides is 2. The maximum absolute atomic E-state index is 14.2. The van der Waals surface area contributed by atoms with E-state index in [-0.39, 0.29) is 30.5 Å². The van der Waals surface area contributed by atoms with E-state index in [1.165, 1.54) is 18.2 Å². The lowest BCUT2D eigenvalue weighted by Gasteiger charge is -2.21. The van der Waals surface area contributed by atoms with Gasteiger partial charge in [-0.1, -0.05) is 48.5 Å². The summed E-state index contributed by atoms with van der Waals surface area (Å²) in [6.45, 7) is 2.49. The Hall–Kier alpha value is -3.67. The number of anilines is 3. The minimum absolute atomic E-state index is 0.0474. The van der Waals surface area contributed by atoms with Gasteiger partial charge in [-0.2, -0.15) is 0 Å². The van der Waals surface area contributed by atoms with Crippen LogP contribution >= 0.6 is 0 Å². The highest BCUT2D eigenvalue weighted by atomic mass is 19.1. The molecule has 0 saturated carbocycles. The van der Waals surface area contributed by atoms with Crippen LogP contribution in [0.5, 0.6) is 0 Å². The molecule has 0 fully saturated rings. The number of nitrogens with zero attached hydrogens (tertiary/aromatic N) is 1. The average Bonchev–Trinajstić information content (AvgIpc) is 2.76. The third-order valence-electron chi connectivity index (χ3n) is 4.58. The van der Waals surface area contributed by atoms with Crippen molar-refractivity contribution >= 4 is 28.9 Å². The summed E-state index contributed by atoms with van der Waals surface area (Å²) in [5, 5.41) is 5.61. The maximum atomic E-state index is 14.2. The quantitative estimate of drug-likeness (QED) is 0.581. The van der Waals surface area contributed by atoms with Gasteiger partial charge in [0.05, 0.1) is 18.7 Å². The molecule has 0 aromatic heterocycles. The molecule has 0 aliphatic heterocycles. The van der Waals surface area contributed by atoms with Crippen LogP contribution in [0.4, 0.5) is 21.5 Å². The molecule has 0 bridgehead atoms. The van der Waals surface area contributed by atoms with Gasteiger partial charge in [-0.3, -0.25) is 9.59 Å². The minimum Gasteiger partial charge on any atom is -0.376 e. The number of hydrogen-bond donors (Lipinski definition) is 2. The maximum Gasteiger partial charge on any atom is 0.246 e. The first-order chi connectivity index (χ1) is 14.6. The first kappa shape index (κ1) is 21.0. The van der Waals surface area contributed by atoms with Crippen LogP contribution in [0.2, 0.25) is 0 Å². The second-order valence-corrected chi connectivity index (χ2v) is 6.73. The van der Waals surface area contributed by atoms with Crippen molar-refractivity contribution in [1.82, 2.24) is 0 Å². The number of benzene rings is 3. The Bertz CT molecular complexity index is 994. The molecule has 3 rings (SSSR count). The Kier molecular flexibility index (Phi) is 7.16. The van der Waals surface area contributed by atoms with Crippen molar-refractivity contribution in [2.24, 2.45) is 0 Å². The van der Waals surface area contributed by atoms with Crippen LogP contribution in [-0.2, 0) is 16.0 Å². The van der Waals surface area contributed by atoms with Crippen LogP contribution in [0.3, 0.4) is 0 Å². The van der Waals surface area contributed by atoms with E-state index in [1.54, 1.807) is 4.90 Å². The number of halogens is 1. The van der Waals surface area contributed by atoms with Gasteiger partial charge in [-0.15, -0.1) is 0 Å². The lowest BCUT2D eigenvalue weighted by molar-refractivity contribution is -0.117. The predicted octanol–water partition coefficient (Wildman–Crippen LogP) is 4.47. The Labute approximate surface area is 175 Å².